The van der Waals surface area contributed by atoms with Gasteiger partial charge in [-0.25, -0.2) is 0 Å². The number of alkyl halides is 1. The van der Waals surface area contributed by atoms with E-state index in [1.54, 1.807) is 0 Å². The second-order valence-electron chi connectivity index (χ2n) is 7.77. The predicted octanol–water partition coefficient (Wildman–Crippen LogP) is 4.07. The van der Waals surface area contributed by atoms with E-state index >= 15 is 0 Å². The van der Waals surface area contributed by atoms with Crippen molar-refractivity contribution in [3.8, 4) is 0 Å². The van der Waals surface area contributed by atoms with Gasteiger partial charge in [-0.05, 0) is 64.2 Å². The molecule has 4 atom stereocenters. The van der Waals surface area contributed by atoms with Crippen molar-refractivity contribution in [2.75, 3.05) is 0 Å². The molecule has 1 heterocycles. The Bertz CT molecular complexity index is 590. The normalized spacial score (nSPS) is 39.2. The first-order chi connectivity index (χ1) is 10.4. The maximum Gasteiger partial charge on any atom is 0.312 e. The van der Waals surface area contributed by atoms with Crippen LogP contribution in [0.3, 0.4) is 0 Å². The molecular formula is C17H22BrNO3. The number of ether oxygens (including phenoxy) is 1. The Morgan fingerprint density at radius 2 is 2.00 bits per heavy atom. The zero-order chi connectivity index (χ0) is 15.5. The van der Waals surface area contributed by atoms with Gasteiger partial charge in [-0.15, -0.1) is 0 Å². The second-order valence-corrected chi connectivity index (χ2v) is 9.45. The number of aryl methyl sites for hydroxylation is 2. The third-order valence-corrected chi connectivity index (χ3v) is 6.88. The lowest BCUT2D eigenvalue weighted by atomic mass is 9.49. The summed E-state index contributed by atoms with van der Waals surface area (Å²) in [6.45, 7) is 4.03. The van der Waals surface area contributed by atoms with E-state index in [9.17, 15) is 4.79 Å². The average molecular weight is 368 g/mol. The number of carbonyl (C=O) groups is 1. The zero-order valence-electron chi connectivity index (χ0n) is 13.2. The summed E-state index contributed by atoms with van der Waals surface area (Å²) < 4.78 is 11.0. The quantitative estimate of drug-likeness (QED) is 0.596. The van der Waals surface area contributed by atoms with E-state index in [2.05, 4.69) is 21.1 Å². The Morgan fingerprint density at radius 1 is 1.32 bits per heavy atom. The summed E-state index contributed by atoms with van der Waals surface area (Å²) in [4.78, 5) is 12.9. The monoisotopic (exact) mass is 367 g/mol. The molecule has 1 aromatic heterocycles. The molecule has 4 nitrogen and oxygen atoms in total. The van der Waals surface area contributed by atoms with Crippen LogP contribution in [0.25, 0.3) is 0 Å². The van der Waals surface area contributed by atoms with Gasteiger partial charge in [-0.1, -0.05) is 21.1 Å². The molecule has 0 aromatic carbocycles. The fourth-order valence-corrected chi connectivity index (χ4v) is 6.84. The highest BCUT2D eigenvalue weighted by atomic mass is 79.9. The van der Waals surface area contributed by atoms with Gasteiger partial charge in [0.2, 0.25) is 0 Å². The number of aromatic nitrogens is 1. The lowest BCUT2D eigenvalue weighted by Crippen LogP contribution is -2.56. The molecule has 0 saturated heterocycles. The molecule has 0 radical (unpaired) electrons. The second kappa shape index (κ2) is 4.83. The van der Waals surface area contributed by atoms with Crippen LogP contribution in [0.1, 0.15) is 55.5 Å². The van der Waals surface area contributed by atoms with Crippen LogP contribution in [-0.4, -0.2) is 15.5 Å². The van der Waals surface area contributed by atoms with Crippen LogP contribution in [0.4, 0.5) is 0 Å². The zero-order valence-corrected chi connectivity index (χ0v) is 14.7. The van der Waals surface area contributed by atoms with Crippen LogP contribution in [0.15, 0.2) is 4.52 Å². The molecule has 4 aliphatic carbocycles. The molecule has 0 spiro atoms. The van der Waals surface area contributed by atoms with Crippen LogP contribution in [0.5, 0.6) is 0 Å². The Hall–Kier alpha value is -0.840. The third-order valence-electron chi connectivity index (χ3n) is 5.95. The highest BCUT2D eigenvalue weighted by Gasteiger charge is 2.60. The Labute approximate surface area is 139 Å². The van der Waals surface area contributed by atoms with Crippen molar-refractivity contribution in [1.29, 1.82) is 0 Å². The first kappa shape index (κ1) is 14.7. The van der Waals surface area contributed by atoms with Gasteiger partial charge in [-0.3, -0.25) is 4.79 Å². The van der Waals surface area contributed by atoms with Crippen molar-refractivity contribution < 1.29 is 14.1 Å². The molecule has 4 saturated carbocycles. The fraction of sp³-hybridized carbons (Fsp3) is 0.765. The van der Waals surface area contributed by atoms with Crippen LogP contribution in [-0.2, 0) is 16.1 Å². The molecule has 0 N–H and O–H groups in total. The van der Waals surface area contributed by atoms with Crippen molar-refractivity contribution in [3.05, 3.63) is 17.0 Å². The van der Waals surface area contributed by atoms with E-state index < -0.39 is 0 Å². The molecule has 120 valence electrons. The summed E-state index contributed by atoms with van der Waals surface area (Å²) in [5.74, 6) is 2.11. The van der Waals surface area contributed by atoms with Gasteiger partial charge < -0.3 is 9.26 Å². The molecule has 5 rings (SSSR count). The van der Waals surface area contributed by atoms with Gasteiger partial charge in [0, 0.05) is 4.32 Å². The highest BCUT2D eigenvalue weighted by molar-refractivity contribution is 9.10. The molecule has 4 fully saturated rings. The maximum atomic E-state index is 12.9. The smallest absolute Gasteiger partial charge is 0.312 e. The Kier molecular flexibility index (Phi) is 3.23. The van der Waals surface area contributed by atoms with Crippen LogP contribution >= 0.6 is 15.9 Å². The largest absolute Gasteiger partial charge is 0.460 e. The van der Waals surface area contributed by atoms with Crippen molar-refractivity contribution in [2.24, 2.45) is 17.3 Å². The Morgan fingerprint density at radius 3 is 2.55 bits per heavy atom. The summed E-state index contributed by atoms with van der Waals surface area (Å²) in [6.07, 6.45) is 6.71. The van der Waals surface area contributed by atoms with Crippen molar-refractivity contribution in [3.63, 3.8) is 0 Å². The van der Waals surface area contributed by atoms with Gasteiger partial charge >= 0.3 is 5.97 Å². The first-order valence-corrected chi connectivity index (χ1v) is 8.96. The number of hydrogen-bond acceptors (Lipinski definition) is 4. The number of nitrogens with zero attached hydrogens (tertiary/aromatic N) is 1. The van der Waals surface area contributed by atoms with Gasteiger partial charge in [0.15, 0.2) is 0 Å². The maximum absolute atomic E-state index is 12.9. The lowest BCUT2D eigenvalue weighted by molar-refractivity contribution is -0.170. The van der Waals surface area contributed by atoms with E-state index in [1.807, 2.05) is 13.8 Å². The molecule has 4 bridgehead atoms. The molecule has 4 aliphatic rings. The standard InChI is InChI=1S/C17H22BrNO3/c1-10-14(11(2)22-19-10)8-21-15(20)16-4-12-3-13(5-16)7-17(18,6-12)9-16/h12-13H,3-9H2,1-2H3/t12-,13+,16?,17?. The van der Waals surface area contributed by atoms with Crippen LogP contribution in [0.2, 0.25) is 0 Å². The number of rotatable bonds is 3. The number of hydrogen-bond donors (Lipinski definition) is 0. The summed E-state index contributed by atoms with van der Waals surface area (Å²) in [7, 11) is 0. The minimum Gasteiger partial charge on any atom is -0.460 e. The predicted molar refractivity (Wildman–Crippen MR) is 84.5 cm³/mol. The van der Waals surface area contributed by atoms with Crippen molar-refractivity contribution in [2.45, 2.75) is 63.3 Å². The SMILES string of the molecule is Cc1noc(C)c1COC(=O)C12C[C@@H]3C[C@@H](CC(Br)(C3)C1)C2. The molecule has 0 aliphatic heterocycles. The van der Waals surface area contributed by atoms with E-state index in [1.165, 1.54) is 19.3 Å². The van der Waals surface area contributed by atoms with Gasteiger partial charge in [0.1, 0.15) is 12.4 Å². The molecule has 22 heavy (non-hydrogen) atoms. The molecule has 2 unspecified atom stereocenters. The van der Waals surface area contributed by atoms with Gasteiger partial charge in [-0.2, -0.15) is 0 Å². The highest BCUT2D eigenvalue weighted by Crippen LogP contribution is 2.64. The van der Waals surface area contributed by atoms with Gasteiger partial charge in [0.25, 0.3) is 0 Å². The fourth-order valence-electron chi connectivity index (χ4n) is 5.39. The summed E-state index contributed by atoms with van der Waals surface area (Å²) >= 11 is 3.94. The molecule has 0 amide bonds. The van der Waals surface area contributed by atoms with Gasteiger partial charge in [0.05, 0.1) is 16.7 Å². The van der Waals surface area contributed by atoms with E-state index in [-0.39, 0.29) is 22.3 Å². The first-order valence-electron chi connectivity index (χ1n) is 8.17. The summed E-state index contributed by atoms with van der Waals surface area (Å²) in [5, 5.41) is 3.92. The molecular weight excluding hydrogens is 346 g/mol. The number of esters is 1. The van der Waals surface area contributed by atoms with Crippen molar-refractivity contribution >= 4 is 21.9 Å². The Balaban J connectivity index is 1.51. The number of carbonyl (C=O) groups excluding carboxylic acids is 1. The van der Waals surface area contributed by atoms with E-state index in [0.717, 1.165) is 36.3 Å². The number of halogens is 1. The summed E-state index contributed by atoms with van der Waals surface area (Å²) in [5.41, 5.74) is 1.46. The van der Waals surface area contributed by atoms with Crippen LogP contribution < -0.4 is 0 Å². The average Bonchev–Trinajstić information content (AvgIpc) is 2.72. The minimum atomic E-state index is -0.257. The van der Waals surface area contributed by atoms with Crippen LogP contribution in [0, 0.1) is 31.1 Å². The topological polar surface area (TPSA) is 52.3 Å². The summed E-state index contributed by atoms with van der Waals surface area (Å²) in [6, 6.07) is 0. The lowest BCUT2D eigenvalue weighted by Gasteiger charge is -2.58. The molecule has 1 aromatic rings. The molecule has 5 heteroatoms. The minimum absolute atomic E-state index is 0.00887. The van der Waals surface area contributed by atoms with Crippen molar-refractivity contribution in [1.82, 2.24) is 5.16 Å². The van der Waals surface area contributed by atoms with E-state index in [4.69, 9.17) is 9.26 Å². The van der Waals surface area contributed by atoms with E-state index in [0.29, 0.717) is 11.8 Å². The third kappa shape index (κ3) is 2.24.